The molecule has 2 saturated heterocycles. The second kappa shape index (κ2) is 9.02. The van der Waals surface area contributed by atoms with Crippen molar-refractivity contribution in [2.75, 3.05) is 10.4 Å². The van der Waals surface area contributed by atoms with E-state index in [1.807, 2.05) is 6.08 Å². The van der Waals surface area contributed by atoms with Crippen molar-refractivity contribution in [2.45, 2.75) is 35.1 Å². The first-order chi connectivity index (χ1) is 18.1. The van der Waals surface area contributed by atoms with Crippen LogP contribution < -0.4 is 4.90 Å². The Morgan fingerprint density at radius 3 is 2.34 bits per heavy atom. The van der Waals surface area contributed by atoms with Crippen LogP contribution in [0, 0.1) is 17.8 Å². The molecule has 0 radical (unpaired) electrons. The Kier molecular flexibility index (Phi) is 6.23. The Hall–Kier alpha value is -1.98. The van der Waals surface area contributed by atoms with E-state index >= 15 is 0 Å². The minimum atomic E-state index is -1.93. The van der Waals surface area contributed by atoms with Crippen LogP contribution in [0.15, 0.2) is 56.9 Å². The van der Waals surface area contributed by atoms with Gasteiger partial charge in [0.05, 0.1) is 28.9 Å². The minimum Gasteiger partial charge on any atom is -0.463 e. The van der Waals surface area contributed by atoms with Crippen LogP contribution in [0.25, 0.3) is 0 Å². The summed E-state index contributed by atoms with van der Waals surface area (Å²) in [5.41, 5.74) is 0.980. The maximum absolute atomic E-state index is 13.9. The molecule has 1 N–H and O–H groups in total. The number of halogens is 4. The Labute approximate surface area is 244 Å². The van der Waals surface area contributed by atoms with Gasteiger partial charge in [0.1, 0.15) is 18.1 Å². The number of fused-ring (bicyclic) bond motifs is 4. The van der Waals surface area contributed by atoms with Gasteiger partial charge in [-0.05, 0) is 55.2 Å². The smallest absolute Gasteiger partial charge is 0.254 e. The maximum Gasteiger partial charge on any atom is 0.254 e. The van der Waals surface area contributed by atoms with Gasteiger partial charge in [0.2, 0.25) is 11.8 Å². The number of benzene rings is 1. The first-order valence-corrected chi connectivity index (χ1v) is 14.6. The summed E-state index contributed by atoms with van der Waals surface area (Å²) in [6, 6.07) is 10.0. The van der Waals surface area contributed by atoms with E-state index in [0.717, 1.165) is 9.37 Å². The van der Waals surface area contributed by atoms with Crippen molar-refractivity contribution in [3.63, 3.8) is 0 Å². The van der Waals surface area contributed by atoms with Crippen LogP contribution in [0.1, 0.15) is 30.3 Å². The summed E-state index contributed by atoms with van der Waals surface area (Å²) >= 11 is 20.8. The van der Waals surface area contributed by atoms with Crippen LogP contribution in [0.5, 0.6) is 0 Å². The van der Waals surface area contributed by atoms with Crippen LogP contribution in [0.3, 0.4) is 0 Å². The van der Waals surface area contributed by atoms with Crippen molar-refractivity contribution in [1.82, 2.24) is 4.90 Å². The fourth-order valence-electron chi connectivity index (χ4n) is 6.54. The highest BCUT2D eigenvalue weighted by Crippen LogP contribution is 2.65. The van der Waals surface area contributed by atoms with E-state index in [-0.39, 0.29) is 48.2 Å². The lowest BCUT2D eigenvalue weighted by Crippen LogP contribution is -2.60. The first-order valence-electron chi connectivity index (χ1n) is 11.9. The Morgan fingerprint density at radius 1 is 1.00 bits per heavy atom. The summed E-state index contributed by atoms with van der Waals surface area (Å²) in [6.45, 7) is -0.378. The zero-order valence-electron chi connectivity index (χ0n) is 19.6. The largest absolute Gasteiger partial charge is 0.463 e. The molecule has 3 heterocycles. The van der Waals surface area contributed by atoms with E-state index in [9.17, 15) is 24.3 Å². The number of anilines is 1. The van der Waals surface area contributed by atoms with Gasteiger partial charge in [-0.15, -0.1) is 23.2 Å². The number of nitrogens with zero attached hydrogens (tertiary/aromatic N) is 2. The second-order valence-electron chi connectivity index (χ2n) is 9.94. The van der Waals surface area contributed by atoms with Gasteiger partial charge in [-0.2, -0.15) is 0 Å². The quantitative estimate of drug-likeness (QED) is 0.221. The molecule has 0 bridgehead atoms. The number of carbonyl (C=O) groups excluding carboxylic acids is 4. The van der Waals surface area contributed by atoms with Gasteiger partial charge in [0, 0.05) is 4.47 Å². The van der Waals surface area contributed by atoms with Gasteiger partial charge in [-0.1, -0.05) is 43.5 Å². The van der Waals surface area contributed by atoms with Gasteiger partial charge in [-0.25, -0.2) is 0 Å². The highest BCUT2D eigenvalue weighted by molar-refractivity contribution is 9.10. The molecule has 2 aliphatic heterocycles. The Bertz CT molecular complexity index is 1430. The maximum atomic E-state index is 13.9. The predicted molar refractivity (Wildman–Crippen MR) is 145 cm³/mol. The Balaban J connectivity index is 1.50. The summed E-state index contributed by atoms with van der Waals surface area (Å²) in [6.07, 6.45) is 1.99. The van der Waals surface area contributed by atoms with Gasteiger partial charge in [-0.3, -0.25) is 29.0 Å². The molecular weight excluding hydrogens is 667 g/mol. The molecule has 0 unspecified atom stereocenters. The van der Waals surface area contributed by atoms with E-state index in [1.54, 1.807) is 36.4 Å². The van der Waals surface area contributed by atoms with E-state index in [0.29, 0.717) is 11.3 Å². The van der Waals surface area contributed by atoms with Crippen molar-refractivity contribution in [1.29, 1.82) is 0 Å². The lowest BCUT2D eigenvalue weighted by Gasteiger charge is -2.49. The number of allylic oxidation sites excluding steroid dienone is 2. The molecule has 1 aromatic carbocycles. The van der Waals surface area contributed by atoms with E-state index in [4.69, 9.17) is 27.6 Å². The minimum absolute atomic E-state index is 0.101. The average molecular weight is 687 g/mol. The van der Waals surface area contributed by atoms with Crippen molar-refractivity contribution < 1.29 is 28.7 Å². The number of hydrogen-bond donors (Lipinski definition) is 1. The van der Waals surface area contributed by atoms with Gasteiger partial charge < -0.3 is 9.52 Å². The highest BCUT2D eigenvalue weighted by Gasteiger charge is 2.76. The summed E-state index contributed by atoms with van der Waals surface area (Å²) in [7, 11) is 0. The fraction of sp³-hybridized carbons (Fsp3) is 0.385. The third-order valence-electron chi connectivity index (χ3n) is 8.22. The van der Waals surface area contributed by atoms with Crippen molar-refractivity contribution in [3.8, 4) is 0 Å². The molecule has 198 valence electrons. The van der Waals surface area contributed by atoms with Crippen LogP contribution in [0.4, 0.5) is 5.69 Å². The number of furan rings is 1. The molecular formula is C26H20Br2Cl2N2O6. The van der Waals surface area contributed by atoms with Gasteiger partial charge in [0.25, 0.3) is 11.8 Å². The fourth-order valence-corrected chi connectivity index (χ4v) is 8.22. The van der Waals surface area contributed by atoms with Crippen LogP contribution in [0.2, 0.25) is 0 Å². The third kappa shape index (κ3) is 3.30. The van der Waals surface area contributed by atoms with Crippen molar-refractivity contribution in [3.05, 3.63) is 64.0 Å². The second-order valence-corrected chi connectivity index (χ2v) is 12.6. The summed E-state index contributed by atoms with van der Waals surface area (Å²) in [5, 5.41) is 9.61. The van der Waals surface area contributed by atoms with E-state index in [2.05, 4.69) is 31.9 Å². The zero-order chi connectivity index (χ0) is 27.1. The summed E-state index contributed by atoms with van der Waals surface area (Å²) < 4.78 is 6.67. The molecule has 2 aliphatic carbocycles. The molecule has 38 heavy (non-hydrogen) atoms. The predicted octanol–water partition coefficient (Wildman–Crippen LogP) is 4.45. The van der Waals surface area contributed by atoms with E-state index < -0.39 is 45.2 Å². The number of amides is 4. The topological polar surface area (TPSA) is 108 Å². The molecule has 0 spiro atoms. The number of likely N-dealkylation sites (tertiary alicyclic amines) is 1. The summed E-state index contributed by atoms with van der Waals surface area (Å²) in [5.74, 6) is -4.62. The average Bonchev–Trinajstić information content (AvgIpc) is 3.51. The molecule has 8 nitrogen and oxygen atoms in total. The number of carbonyl (C=O) groups is 4. The molecule has 6 rings (SSSR count). The number of imide groups is 2. The Morgan fingerprint density at radius 2 is 1.71 bits per heavy atom. The van der Waals surface area contributed by atoms with Crippen LogP contribution in [-0.4, -0.2) is 48.8 Å². The molecule has 4 aliphatic rings. The molecule has 6 atom stereocenters. The van der Waals surface area contributed by atoms with Crippen molar-refractivity contribution in [2.24, 2.45) is 17.8 Å². The van der Waals surface area contributed by atoms with Crippen molar-refractivity contribution >= 4 is 84.4 Å². The normalized spacial score (nSPS) is 34.4. The zero-order valence-corrected chi connectivity index (χ0v) is 24.3. The van der Waals surface area contributed by atoms with Gasteiger partial charge in [0.15, 0.2) is 9.75 Å². The standard InChI is InChI=1S/C26H20Br2Cl2N2O6/c27-11-31-23(36)25(29)9-17-15(20(26(25,30)24(31)37)18-8-5-14(10-33)38-18)6-7-16-19(17)22(35)32(21(16)34)13-3-1-12(28)2-4-13/h1-6,8,16-17,19-20,33H,7,9-11H2/t16-,17+,19-,20+,25+,26-/m0/s1. The molecule has 1 aromatic heterocycles. The number of rotatable bonds is 4. The lowest BCUT2D eigenvalue weighted by atomic mass is 9.57. The van der Waals surface area contributed by atoms with E-state index in [1.165, 1.54) is 4.90 Å². The molecule has 4 amide bonds. The molecule has 12 heteroatoms. The van der Waals surface area contributed by atoms with Crippen LogP contribution >= 0.6 is 55.1 Å². The highest BCUT2D eigenvalue weighted by atomic mass is 79.9. The first kappa shape index (κ1) is 26.3. The van der Waals surface area contributed by atoms with Crippen LogP contribution in [-0.2, 0) is 25.8 Å². The molecule has 1 saturated carbocycles. The monoisotopic (exact) mass is 684 g/mol. The van der Waals surface area contributed by atoms with Gasteiger partial charge >= 0.3 is 0 Å². The number of alkyl halides is 3. The number of aliphatic hydroxyl groups excluding tert-OH is 1. The summed E-state index contributed by atoms with van der Waals surface area (Å²) in [4.78, 5) is 53.0. The number of aliphatic hydroxyl groups is 1. The SMILES string of the molecule is O=C1[C@H]2[C@H](CC=C3[C@H]2C[C@@]2(Cl)C(=O)N(CBr)C(=O)[C@@]2(Cl)[C@H]3c2ccc(CO)o2)C(=O)N1c1ccc(Br)cc1. The number of hydrogen-bond acceptors (Lipinski definition) is 6. The third-order valence-corrected chi connectivity index (χ3v) is 10.7. The molecule has 2 aromatic rings. The lowest BCUT2D eigenvalue weighted by molar-refractivity contribution is -0.138. The molecule has 3 fully saturated rings.